The summed E-state index contributed by atoms with van der Waals surface area (Å²) in [7, 11) is 0. The molecule has 0 aliphatic heterocycles. The van der Waals surface area contributed by atoms with Crippen LogP contribution >= 0.6 is 0 Å². The van der Waals surface area contributed by atoms with Crippen LogP contribution in [-0.4, -0.2) is 34.6 Å². The zero-order valence-electron chi connectivity index (χ0n) is 26.5. The van der Waals surface area contributed by atoms with E-state index < -0.39 is 11.9 Å². The van der Waals surface area contributed by atoms with Crippen LogP contribution in [0.15, 0.2) is 58.5 Å². The molecule has 0 aliphatic carbocycles. The number of carbonyl (C=O) groups excluding carboxylic acids is 2. The van der Waals surface area contributed by atoms with Gasteiger partial charge >= 0.3 is 16.8 Å². The number of aliphatic imine (C=N–C) groups is 2. The third-order valence-electron chi connectivity index (χ3n) is 5.93. The predicted octanol–water partition coefficient (Wildman–Crippen LogP) is 5.32. The van der Waals surface area contributed by atoms with Crippen molar-refractivity contribution in [3.8, 4) is 11.5 Å². The molecule has 0 spiro atoms. The van der Waals surface area contributed by atoms with Crippen LogP contribution in [0, 0.1) is 13.8 Å². The summed E-state index contributed by atoms with van der Waals surface area (Å²) in [6.07, 6.45) is 3.39. The molecule has 8 nitrogen and oxygen atoms in total. The quantitative estimate of drug-likeness (QED) is 0.372. The molecule has 43 heavy (non-hydrogen) atoms. The van der Waals surface area contributed by atoms with Crippen molar-refractivity contribution >= 4 is 35.7 Å². The number of phenols is 2. The van der Waals surface area contributed by atoms with Crippen LogP contribution < -0.4 is 10.2 Å². The van der Waals surface area contributed by atoms with Gasteiger partial charge in [-0.2, -0.15) is 0 Å². The van der Waals surface area contributed by atoms with Crippen molar-refractivity contribution in [1.29, 1.82) is 0 Å². The largest absolute Gasteiger partial charge is 2.00 e. The first-order valence-electron chi connectivity index (χ1n) is 13.4. The number of carboxylic acids is 2. The third kappa shape index (κ3) is 13.7. The Labute approximate surface area is 265 Å². The summed E-state index contributed by atoms with van der Waals surface area (Å²) in [6.45, 7) is 18.7. The second kappa shape index (κ2) is 16.6. The van der Waals surface area contributed by atoms with Gasteiger partial charge in [0.2, 0.25) is 0 Å². The van der Waals surface area contributed by atoms with Crippen molar-refractivity contribution < 1.29 is 46.8 Å². The van der Waals surface area contributed by atoms with Crippen molar-refractivity contribution in [2.45, 2.75) is 80.1 Å². The van der Waals surface area contributed by atoms with Gasteiger partial charge in [-0.3, -0.25) is 9.98 Å². The molecule has 233 valence electrons. The third-order valence-corrected chi connectivity index (χ3v) is 5.93. The molecule has 0 heterocycles. The molecule has 0 bridgehead atoms. The molecule has 0 aromatic heterocycles. The fourth-order valence-electron chi connectivity index (χ4n) is 3.62. The minimum absolute atomic E-state index is 0. The molecule has 0 atom stereocenters. The first-order valence-corrected chi connectivity index (χ1v) is 13.4. The maximum absolute atomic E-state index is 10.5. The Kier molecular flexibility index (Phi) is 15.1. The number of carboxylic acid groups (broad SMARTS) is 2. The molecule has 0 aliphatic rings. The molecule has 9 heteroatoms. The van der Waals surface area contributed by atoms with Crippen LogP contribution in [0.5, 0.6) is 11.5 Å². The molecule has 0 saturated carbocycles. The first-order chi connectivity index (χ1) is 19.2. The molecule has 3 aromatic carbocycles. The van der Waals surface area contributed by atoms with E-state index in [1.807, 2.05) is 62.4 Å². The van der Waals surface area contributed by atoms with E-state index >= 15 is 0 Å². The molecule has 0 unspecified atom stereocenters. The Morgan fingerprint density at radius 1 is 0.674 bits per heavy atom. The van der Waals surface area contributed by atoms with Gasteiger partial charge in [-0.25, -0.2) is 0 Å². The summed E-state index contributed by atoms with van der Waals surface area (Å²) in [5, 5.41) is 38.8. The number of phenolic OH excluding ortho intramolecular Hbond substituents is 2. The maximum atomic E-state index is 10.5. The molecule has 0 fully saturated rings. The Morgan fingerprint density at radius 2 is 0.977 bits per heavy atom. The van der Waals surface area contributed by atoms with Crippen LogP contribution in [0.2, 0.25) is 0 Å². The van der Waals surface area contributed by atoms with Crippen molar-refractivity contribution in [1.82, 2.24) is 0 Å². The normalized spacial score (nSPS) is 11.2. The molecule has 0 saturated heterocycles. The topological polar surface area (TPSA) is 145 Å². The van der Waals surface area contributed by atoms with Gasteiger partial charge in [0, 0.05) is 35.5 Å². The fraction of sp³-hybridized carbons (Fsp3) is 0.353. The average molecular weight is 634 g/mol. The van der Waals surface area contributed by atoms with E-state index in [4.69, 9.17) is 19.8 Å². The molecular weight excluding hydrogens is 591 g/mol. The van der Waals surface area contributed by atoms with E-state index in [1.54, 1.807) is 12.4 Å². The van der Waals surface area contributed by atoms with Crippen LogP contribution in [0.3, 0.4) is 0 Å². The summed E-state index contributed by atoms with van der Waals surface area (Å²) < 4.78 is 0. The molecule has 3 aromatic rings. The van der Waals surface area contributed by atoms with E-state index in [0.29, 0.717) is 11.1 Å². The van der Waals surface area contributed by atoms with Gasteiger partial charge < -0.3 is 30.0 Å². The SMILES string of the molecule is CC(=O)[O-].CC(=O)[O-].Cc1cc(C(C)(C)C)cc(C=Nc2cccc(N=Cc3cc(C(C)(C)C)cc(C)c3O)c2)c1O.[Co+2]. The fourth-order valence-corrected chi connectivity index (χ4v) is 3.62. The number of hydrogen-bond acceptors (Lipinski definition) is 8. The number of hydrogen-bond donors (Lipinski definition) is 2. The maximum Gasteiger partial charge on any atom is 2.00 e. The smallest absolute Gasteiger partial charge is 0.550 e. The van der Waals surface area contributed by atoms with Gasteiger partial charge in [0.25, 0.3) is 0 Å². The van der Waals surface area contributed by atoms with Gasteiger partial charge in [0.15, 0.2) is 0 Å². The van der Waals surface area contributed by atoms with E-state index in [0.717, 1.165) is 47.5 Å². The second-order valence-corrected chi connectivity index (χ2v) is 12.0. The Bertz CT molecular complexity index is 1350. The van der Waals surface area contributed by atoms with Gasteiger partial charge in [-0.15, -0.1) is 0 Å². The summed E-state index contributed by atoms with van der Waals surface area (Å²) in [6, 6.07) is 15.6. The van der Waals surface area contributed by atoms with Crippen molar-refractivity contribution in [3.63, 3.8) is 0 Å². The number of aryl methyl sites for hydroxylation is 2. The minimum Gasteiger partial charge on any atom is -0.550 e. The number of aromatic hydroxyl groups is 2. The minimum atomic E-state index is -1.08. The van der Waals surface area contributed by atoms with E-state index in [1.165, 1.54) is 0 Å². The second-order valence-electron chi connectivity index (χ2n) is 12.0. The number of aliphatic carboxylic acids is 2. The van der Waals surface area contributed by atoms with E-state index in [9.17, 15) is 10.2 Å². The Morgan fingerprint density at radius 3 is 1.26 bits per heavy atom. The molecule has 2 N–H and O–H groups in total. The number of nitrogens with zero attached hydrogens (tertiary/aromatic N) is 2. The molecule has 1 radical (unpaired) electrons. The zero-order valence-corrected chi connectivity index (χ0v) is 27.6. The first kappa shape index (κ1) is 39.0. The van der Waals surface area contributed by atoms with Gasteiger partial charge in [-0.1, -0.05) is 59.7 Å². The standard InChI is InChI=1S/C30H36N2O2.2C2H4O2.Co/c1-19-12-23(29(3,4)5)14-21(27(19)33)17-31-25-10-9-11-26(16-25)32-18-22-15-24(30(6,7)8)13-20(2)28(22)34;2*1-2(3)4;/h9-18,33-34H,1-8H3;2*1H3,(H,3,4);/q;;;+2/p-2. The van der Waals surface area contributed by atoms with E-state index in [2.05, 4.69) is 51.5 Å². The zero-order chi connectivity index (χ0) is 32.4. The van der Waals surface area contributed by atoms with Gasteiger partial charge in [0.1, 0.15) is 11.5 Å². The van der Waals surface area contributed by atoms with Gasteiger partial charge in [0.05, 0.1) is 11.4 Å². The molecule has 0 amide bonds. The summed E-state index contributed by atoms with van der Waals surface area (Å²) in [5.41, 5.74) is 6.77. The summed E-state index contributed by atoms with van der Waals surface area (Å²) in [5.74, 6) is -1.67. The number of carbonyl (C=O) groups is 2. The van der Waals surface area contributed by atoms with Crippen molar-refractivity contribution in [3.05, 3.63) is 81.9 Å². The molecular formula is C34H42CoN2O6. The Balaban J connectivity index is 0.00000174. The van der Waals surface area contributed by atoms with Gasteiger partial charge in [-0.05, 0) is 91.1 Å². The number of benzene rings is 3. The monoisotopic (exact) mass is 633 g/mol. The van der Waals surface area contributed by atoms with Crippen molar-refractivity contribution in [2.24, 2.45) is 9.98 Å². The van der Waals surface area contributed by atoms with Crippen LogP contribution in [0.25, 0.3) is 0 Å². The Hall–Kier alpha value is -3.95. The average Bonchev–Trinajstić information content (AvgIpc) is 2.84. The van der Waals surface area contributed by atoms with Crippen molar-refractivity contribution in [2.75, 3.05) is 0 Å². The number of rotatable bonds is 4. The van der Waals surface area contributed by atoms with E-state index in [-0.39, 0.29) is 39.1 Å². The van der Waals surface area contributed by atoms with Crippen LogP contribution in [0.1, 0.15) is 88.8 Å². The summed E-state index contributed by atoms with van der Waals surface area (Å²) >= 11 is 0. The summed E-state index contributed by atoms with van der Waals surface area (Å²) in [4.78, 5) is 27.0. The molecule has 3 rings (SSSR count). The van der Waals surface area contributed by atoms with Crippen LogP contribution in [0.4, 0.5) is 11.4 Å². The van der Waals surface area contributed by atoms with Crippen LogP contribution in [-0.2, 0) is 37.2 Å². The predicted molar refractivity (Wildman–Crippen MR) is 165 cm³/mol.